The lowest BCUT2D eigenvalue weighted by Gasteiger charge is -2.47. The van der Waals surface area contributed by atoms with Crippen LogP contribution in [0.2, 0.25) is 4.34 Å². The summed E-state index contributed by atoms with van der Waals surface area (Å²) in [5, 5.41) is 10.3. The van der Waals surface area contributed by atoms with E-state index in [1.165, 1.54) is 11.3 Å². The molecule has 5 nitrogen and oxygen atoms in total. The molecule has 1 spiro atoms. The third-order valence-electron chi connectivity index (χ3n) is 4.94. The van der Waals surface area contributed by atoms with Crippen molar-refractivity contribution in [2.24, 2.45) is 0 Å². The summed E-state index contributed by atoms with van der Waals surface area (Å²) >= 11 is 7.84. The highest BCUT2D eigenvalue weighted by atomic mass is 35.5. The molecule has 2 aliphatic heterocycles. The molecule has 3 rings (SSSR count). The molecule has 3 unspecified atom stereocenters. The van der Waals surface area contributed by atoms with Crippen molar-refractivity contribution in [3.63, 3.8) is 0 Å². The maximum Gasteiger partial charge on any atom is 0.410 e. The van der Waals surface area contributed by atoms with Gasteiger partial charge in [-0.05, 0) is 46.6 Å². The molecule has 0 saturated carbocycles. The van der Waals surface area contributed by atoms with Gasteiger partial charge in [0.25, 0.3) is 0 Å². The Morgan fingerprint density at radius 2 is 2.16 bits per heavy atom. The maximum atomic E-state index is 12.5. The van der Waals surface area contributed by atoms with Gasteiger partial charge < -0.3 is 19.5 Å². The van der Waals surface area contributed by atoms with Gasteiger partial charge in [0.15, 0.2) is 0 Å². The molecule has 25 heavy (non-hydrogen) atoms. The van der Waals surface area contributed by atoms with Crippen molar-refractivity contribution in [1.29, 1.82) is 0 Å². The molecule has 7 heteroatoms. The van der Waals surface area contributed by atoms with Gasteiger partial charge in [-0.1, -0.05) is 11.6 Å². The first-order valence-corrected chi connectivity index (χ1v) is 9.84. The summed E-state index contributed by atoms with van der Waals surface area (Å²) in [6.07, 6.45) is 0.421. The molecule has 1 aromatic heterocycles. The largest absolute Gasteiger partial charge is 0.444 e. The lowest BCUT2D eigenvalue weighted by molar-refractivity contribution is -0.136. The summed E-state index contributed by atoms with van der Waals surface area (Å²) < 4.78 is 12.4. The van der Waals surface area contributed by atoms with Crippen LogP contribution < -0.4 is 0 Å². The Morgan fingerprint density at radius 1 is 1.48 bits per heavy atom. The van der Waals surface area contributed by atoms with Crippen LogP contribution >= 0.6 is 22.9 Å². The van der Waals surface area contributed by atoms with Crippen LogP contribution in [0.4, 0.5) is 4.79 Å². The number of hydrogen-bond acceptors (Lipinski definition) is 5. The van der Waals surface area contributed by atoms with E-state index in [1.54, 1.807) is 4.90 Å². The molecule has 1 saturated heterocycles. The first-order chi connectivity index (χ1) is 11.5. The van der Waals surface area contributed by atoms with Crippen LogP contribution in [0, 0.1) is 6.92 Å². The lowest BCUT2D eigenvalue weighted by Crippen LogP contribution is -2.53. The number of carbonyl (C=O) groups is 1. The van der Waals surface area contributed by atoms with E-state index < -0.39 is 17.3 Å². The molecule has 1 N–H and O–H groups in total. The number of rotatable bonds is 0. The van der Waals surface area contributed by atoms with Gasteiger partial charge in [-0.3, -0.25) is 0 Å². The second kappa shape index (κ2) is 6.41. The molecule has 0 aliphatic carbocycles. The number of piperidine rings is 1. The van der Waals surface area contributed by atoms with Gasteiger partial charge in [0.2, 0.25) is 0 Å². The Kier molecular flexibility index (Phi) is 4.86. The van der Waals surface area contributed by atoms with E-state index in [4.69, 9.17) is 21.1 Å². The zero-order valence-corrected chi connectivity index (χ0v) is 17.0. The van der Waals surface area contributed by atoms with E-state index >= 15 is 0 Å². The first-order valence-electron chi connectivity index (χ1n) is 8.65. The summed E-state index contributed by atoms with van der Waals surface area (Å²) in [6, 6.07) is -0.0205. The molecule has 3 atom stereocenters. The molecule has 1 amide bonds. The Bertz CT molecular complexity index is 683. The number of amides is 1. The number of ether oxygens (including phenoxy) is 2. The average molecular weight is 388 g/mol. The summed E-state index contributed by atoms with van der Waals surface area (Å²) in [5.41, 5.74) is 0.871. The standard InChI is InChI=1S/C18H26ClNO4S/c1-10-8-18(6-7-20(10)16(22)24-17(3,4)5)14-13(12(21)9-23-18)11(2)15(19)25-14/h10,12,21H,6-9H2,1-5H3. The number of aliphatic hydroxyl groups excluding tert-OH is 1. The molecule has 140 valence electrons. The molecular weight excluding hydrogens is 362 g/mol. The van der Waals surface area contributed by atoms with Crippen LogP contribution in [-0.4, -0.2) is 40.9 Å². The highest BCUT2D eigenvalue weighted by Crippen LogP contribution is 2.51. The van der Waals surface area contributed by atoms with Gasteiger partial charge in [0.1, 0.15) is 17.3 Å². The minimum absolute atomic E-state index is 0.0205. The van der Waals surface area contributed by atoms with E-state index in [0.29, 0.717) is 23.7 Å². The van der Waals surface area contributed by atoms with Gasteiger partial charge in [0, 0.05) is 29.4 Å². The minimum atomic E-state index is -0.636. The quantitative estimate of drug-likeness (QED) is 0.717. The summed E-state index contributed by atoms with van der Waals surface area (Å²) in [7, 11) is 0. The Labute approximate surface area is 157 Å². The summed E-state index contributed by atoms with van der Waals surface area (Å²) in [5.74, 6) is 0. The van der Waals surface area contributed by atoms with Crippen molar-refractivity contribution >= 4 is 29.0 Å². The van der Waals surface area contributed by atoms with Gasteiger partial charge >= 0.3 is 6.09 Å². The van der Waals surface area contributed by atoms with Crippen molar-refractivity contribution in [3.8, 4) is 0 Å². The predicted molar refractivity (Wildman–Crippen MR) is 98.3 cm³/mol. The molecule has 1 fully saturated rings. The normalized spacial score (nSPS) is 29.6. The topological polar surface area (TPSA) is 59.0 Å². The van der Waals surface area contributed by atoms with Crippen molar-refractivity contribution < 1.29 is 19.4 Å². The second-order valence-electron chi connectivity index (χ2n) is 8.04. The van der Waals surface area contributed by atoms with Crippen molar-refractivity contribution in [2.45, 2.75) is 70.8 Å². The van der Waals surface area contributed by atoms with E-state index in [1.807, 2.05) is 34.6 Å². The fourth-order valence-corrected chi connectivity index (χ4v) is 5.37. The number of carbonyl (C=O) groups excluding carboxylic acids is 1. The Hall–Kier alpha value is -0.820. The number of aliphatic hydroxyl groups is 1. The molecule has 0 aromatic carbocycles. The predicted octanol–water partition coefficient (Wildman–Crippen LogP) is 4.39. The third kappa shape index (κ3) is 3.42. The molecule has 0 radical (unpaired) electrons. The first kappa shape index (κ1) is 19.0. The fourth-order valence-electron chi connectivity index (χ4n) is 3.76. The van der Waals surface area contributed by atoms with Crippen LogP contribution in [0.15, 0.2) is 0 Å². The zero-order chi connectivity index (χ0) is 18.6. The van der Waals surface area contributed by atoms with Crippen molar-refractivity contribution in [3.05, 3.63) is 20.3 Å². The maximum absolute atomic E-state index is 12.5. The smallest absolute Gasteiger partial charge is 0.410 e. The van der Waals surface area contributed by atoms with Crippen molar-refractivity contribution in [2.75, 3.05) is 13.2 Å². The number of likely N-dealkylation sites (tertiary alicyclic amines) is 1. The zero-order valence-electron chi connectivity index (χ0n) is 15.4. The monoisotopic (exact) mass is 387 g/mol. The van der Waals surface area contributed by atoms with Crippen LogP contribution in [0.5, 0.6) is 0 Å². The highest BCUT2D eigenvalue weighted by molar-refractivity contribution is 7.16. The van der Waals surface area contributed by atoms with Crippen LogP contribution in [0.1, 0.15) is 62.6 Å². The number of halogens is 1. The van der Waals surface area contributed by atoms with Gasteiger partial charge in [-0.2, -0.15) is 0 Å². The van der Waals surface area contributed by atoms with Gasteiger partial charge in [0.05, 0.1) is 10.9 Å². The summed E-state index contributed by atoms with van der Waals surface area (Å²) in [4.78, 5) is 15.2. The Morgan fingerprint density at radius 3 is 2.76 bits per heavy atom. The van der Waals surface area contributed by atoms with Crippen LogP contribution in [-0.2, 0) is 15.1 Å². The number of hydrogen-bond donors (Lipinski definition) is 1. The van der Waals surface area contributed by atoms with Gasteiger partial charge in [-0.15, -0.1) is 11.3 Å². The minimum Gasteiger partial charge on any atom is -0.444 e. The molecular formula is C18H26ClNO4S. The Balaban J connectivity index is 1.85. The number of nitrogens with zero attached hydrogens (tertiary/aromatic N) is 1. The van der Waals surface area contributed by atoms with Crippen LogP contribution in [0.25, 0.3) is 0 Å². The number of fused-ring (bicyclic) bond motifs is 2. The molecule has 2 aliphatic rings. The van der Waals surface area contributed by atoms with E-state index in [-0.39, 0.29) is 18.7 Å². The second-order valence-corrected chi connectivity index (χ2v) is 9.66. The van der Waals surface area contributed by atoms with E-state index in [2.05, 4.69) is 0 Å². The molecule has 1 aromatic rings. The van der Waals surface area contributed by atoms with E-state index in [0.717, 1.165) is 16.0 Å². The molecule has 0 bridgehead atoms. The van der Waals surface area contributed by atoms with Crippen molar-refractivity contribution in [1.82, 2.24) is 4.90 Å². The lowest BCUT2D eigenvalue weighted by atomic mass is 9.81. The fraction of sp³-hybridized carbons (Fsp3) is 0.722. The highest BCUT2D eigenvalue weighted by Gasteiger charge is 2.48. The van der Waals surface area contributed by atoms with Gasteiger partial charge in [-0.25, -0.2) is 4.79 Å². The average Bonchev–Trinajstić information content (AvgIpc) is 2.79. The third-order valence-corrected chi connectivity index (χ3v) is 6.74. The SMILES string of the molecule is Cc1c(Cl)sc2c1C(O)COC21CCN(C(=O)OC(C)(C)C)C(C)C1. The van der Waals surface area contributed by atoms with E-state index in [9.17, 15) is 9.90 Å². The summed E-state index contributed by atoms with van der Waals surface area (Å²) in [6.45, 7) is 10.4. The number of thiophene rings is 1. The van der Waals surface area contributed by atoms with Crippen LogP contribution in [0.3, 0.4) is 0 Å². The molecule has 3 heterocycles.